The zero-order chi connectivity index (χ0) is 26.8. The molecule has 10 nitrogen and oxygen atoms in total. The van der Waals surface area contributed by atoms with E-state index in [0.29, 0.717) is 27.8 Å². The molecule has 0 amide bonds. The van der Waals surface area contributed by atoms with Gasteiger partial charge in [-0.05, 0) is 42.8 Å². The fraction of sp³-hybridized carbons (Fsp3) is 0.111. The van der Waals surface area contributed by atoms with Gasteiger partial charge in [0.05, 0.1) is 42.1 Å². The predicted octanol–water partition coefficient (Wildman–Crippen LogP) is 4.01. The first kappa shape index (κ1) is 24.3. The molecule has 11 heteroatoms. The summed E-state index contributed by atoms with van der Waals surface area (Å²) < 4.78 is 21.0. The van der Waals surface area contributed by atoms with Crippen LogP contribution in [0.25, 0.3) is 27.7 Å². The highest BCUT2D eigenvalue weighted by Gasteiger charge is 2.22. The zero-order valence-corrected chi connectivity index (χ0v) is 20.4. The van der Waals surface area contributed by atoms with Crippen molar-refractivity contribution in [3.63, 3.8) is 0 Å². The third-order valence-corrected chi connectivity index (χ3v) is 5.92. The van der Waals surface area contributed by atoms with Gasteiger partial charge in [-0.2, -0.15) is 10.2 Å². The lowest BCUT2D eigenvalue weighted by Gasteiger charge is -2.21. The van der Waals surface area contributed by atoms with Crippen LogP contribution in [0.3, 0.4) is 0 Å². The van der Waals surface area contributed by atoms with Crippen molar-refractivity contribution in [2.24, 2.45) is 0 Å². The van der Waals surface area contributed by atoms with Gasteiger partial charge >= 0.3 is 0 Å². The van der Waals surface area contributed by atoms with Crippen molar-refractivity contribution in [1.29, 1.82) is 5.26 Å². The number of ether oxygens (including phenoxy) is 1. The fourth-order valence-corrected chi connectivity index (χ4v) is 4.18. The second-order valence-corrected chi connectivity index (χ2v) is 8.37. The molecule has 5 aromatic rings. The van der Waals surface area contributed by atoms with E-state index in [0.717, 1.165) is 0 Å². The molecule has 0 saturated carbocycles. The van der Waals surface area contributed by atoms with Crippen molar-refractivity contribution in [1.82, 2.24) is 24.5 Å². The van der Waals surface area contributed by atoms with Gasteiger partial charge in [0.2, 0.25) is 5.95 Å². The molecule has 0 unspecified atom stereocenters. The van der Waals surface area contributed by atoms with E-state index in [4.69, 9.17) is 15.5 Å². The first-order valence-corrected chi connectivity index (χ1v) is 11.5. The highest BCUT2D eigenvalue weighted by atomic mass is 19.1. The molecule has 0 bridgehead atoms. The normalized spacial score (nSPS) is 11.6. The number of aromatic nitrogens is 5. The number of halogens is 1. The highest BCUT2D eigenvalue weighted by Crippen LogP contribution is 2.30. The van der Waals surface area contributed by atoms with Gasteiger partial charge in [-0.25, -0.2) is 14.4 Å². The van der Waals surface area contributed by atoms with Crippen LogP contribution >= 0.6 is 0 Å². The number of nitrogens with zero attached hydrogens (tertiary/aromatic N) is 6. The first-order chi connectivity index (χ1) is 18.4. The summed E-state index contributed by atoms with van der Waals surface area (Å²) in [7, 11) is 1.53. The van der Waals surface area contributed by atoms with E-state index in [9.17, 15) is 14.4 Å². The molecular weight excluding hydrogens is 487 g/mol. The minimum absolute atomic E-state index is 0.0239. The molecule has 188 valence electrons. The van der Waals surface area contributed by atoms with E-state index in [2.05, 4.69) is 20.3 Å². The molecule has 5 rings (SSSR count). The molecule has 0 aliphatic heterocycles. The van der Waals surface area contributed by atoms with E-state index >= 15 is 0 Å². The second-order valence-electron chi connectivity index (χ2n) is 8.37. The van der Waals surface area contributed by atoms with Gasteiger partial charge in [-0.15, -0.1) is 0 Å². The summed E-state index contributed by atoms with van der Waals surface area (Å²) in [6, 6.07) is 14.1. The molecular formula is C27H21FN8O2. The van der Waals surface area contributed by atoms with Crippen molar-refractivity contribution >= 4 is 22.7 Å². The van der Waals surface area contributed by atoms with Crippen LogP contribution in [-0.4, -0.2) is 31.6 Å². The Labute approximate surface area is 216 Å². The molecule has 3 aromatic heterocycles. The van der Waals surface area contributed by atoms with Crippen LogP contribution in [0.1, 0.15) is 24.4 Å². The Kier molecular flexibility index (Phi) is 6.37. The fourth-order valence-electron chi connectivity index (χ4n) is 4.18. The Morgan fingerprint density at radius 2 is 1.95 bits per heavy atom. The van der Waals surface area contributed by atoms with Gasteiger partial charge in [-0.1, -0.05) is 18.2 Å². The SMILES string of the molecule is COc1cncc(-c2cccc3nc([C@@H](C)Nc4nc(N)ncc4C#N)n(-c4cccc(F)c4)c(=O)c23)c1. The molecule has 0 aliphatic rings. The number of fused-ring (bicyclic) bond motifs is 1. The van der Waals surface area contributed by atoms with Gasteiger partial charge in [0.1, 0.15) is 34.8 Å². The van der Waals surface area contributed by atoms with E-state index in [1.165, 1.54) is 36.1 Å². The summed E-state index contributed by atoms with van der Waals surface area (Å²) in [6.45, 7) is 1.75. The molecule has 38 heavy (non-hydrogen) atoms. The van der Waals surface area contributed by atoms with Gasteiger partial charge in [0.25, 0.3) is 5.56 Å². The van der Waals surface area contributed by atoms with Crippen LogP contribution < -0.4 is 21.3 Å². The molecule has 1 atom stereocenters. The topological polar surface area (TPSA) is 145 Å². The van der Waals surface area contributed by atoms with Crippen molar-refractivity contribution < 1.29 is 9.13 Å². The lowest BCUT2D eigenvalue weighted by atomic mass is 10.0. The number of nitrogen functional groups attached to an aromatic ring is 1. The molecule has 0 saturated heterocycles. The van der Waals surface area contributed by atoms with Gasteiger partial charge < -0.3 is 15.8 Å². The Balaban J connectivity index is 1.76. The van der Waals surface area contributed by atoms with Crippen LogP contribution in [0.2, 0.25) is 0 Å². The number of nitriles is 1. The predicted molar refractivity (Wildman–Crippen MR) is 140 cm³/mol. The van der Waals surface area contributed by atoms with Crippen LogP contribution in [0.5, 0.6) is 5.75 Å². The Morgan fingerprint density at radius 1 is 1.13 bits per heavy atom. The number of methoxy groups -OCH3 is 1. The molecule has 0 fully saturated rings. The van der Waals surface area contributed by atoms with Gasteiger partial charge in [-0.3, -0.25) is 14.3 Å². The van der Waals surface area contributed by atoms with Crippen LogP contribution in [0.4, 0.5) is 16.2 Å². The summed E-state index contributed by atoms with van der Waals surface area (Å²) in [5.74, 6) is 0.453. The molecule has 2 aromatic carbocycles. The third kappa shape index (κ3) is 4.46. The minimum atomic E-state index is -0.654. The summed E-state index contributed by atoms with van der Waals surface area (Å²) in [5.41, 5.74) is 7.45. The molecule has 0 aliphatic carbocycles. The quantitative estimate of drug-likeness (QED) is 0.347. The van der Waals surface area contributed by atoms with E-state index in [-0.39, 0.29) is 28.8 Å². The highest BCUT2D eigenvalue weighted by molar-refractivity contribution is 5.94. The van der Waals surface area contributed by atoms with Gasteiger partial charge in [0, 0.05) is 11.8 Å². The number of nitrogens with two attached hydrogens (primary N) is 1. The van der Waals surface area contributed by atoms with Crippen LogP contribution in [0, 0.1) is 17.1 Å². The Hall–Kier alpha value is -5.37. The van der Waals surface area contributed by atoms with Crippen molar-refractivity contribution in [2.45, 2.75) is 13.0 Å². The average molecular weight is 509 g/mol. The van der Waals surface area contributed by atoms with Crippen LogP contribution in [0.15, 0.2) is 71.9 Å². The first-order valence-electron chi connectivity index (χ1n) is 11.5. The Morgan fingerprint density at radius 3 is 2.71 bits per heavy atom. The van der Waals surface area contributed by atoms with Gasteiger partial charge in [0.15, 0.2) is 0 Å². The maximum absolute atomic E-state index is 14.3. The smallest absolute Gasteiger partial charge is 0.266 e. The standard InChI is InChI=1S/C27H21FN8O2/c1-15(33-24-17(11-29)13-32-27(30)35-24)25-34-22-8-4-7-21(16-9-20(38-2)14-31-12-16)23(22)26(37)36(25)19-6-3-5-18(28)10-19/h3-10,12-15H,1-2H3,(H3,30,32,33,35)/t15-/m1/s1. The maximum Gasteiger partial charge on any atom is 0.266 e. The number of hydrogen-bond donors (Lipinski definition) is 2. The number of rotatable bonds is 6. The number of pyridine rings is 1. The van der Waals surface area contributed by atoms with Crippen molar-refractivity contribution in [2.75, 3.05) is 18.2 Å². The number of hydrogen-bond acceptors (Lipinski definition) is 9. The molecule has 3 heterocycles. The number of anilines is 2. The minimum Gasteiger partial charge on any atom is -0.495 e. The maximum atomic E-state index is 14.3. The van der Waals surface area contributed by atoms with E-state index in [1.807, 2.05) is 6.07 Å². The van der Waals surface area contributed by atoms with Crippen LogP contribution in [-0.2, 0) is 0 Å². The summed E-state index contributed by atoms with van der Waals surface area (Å²) >= 11 is 0. The van der Waals surface area contributed by atoms with Crippen molar-refractivity contribution in [3.8, 4) is 28.6 Å². The zero-order valence-electron chi connectivity index (χ0n) is 20.4. The van der Waals surface area contributed by atoms with E-state index < -0.39 is 17.4 Å². The molecule has 0 radical (unpaired) electrons. The van der Waals surface area contributed by atoms with E-state index in [1.54, 1.807) is 49.6 Å². The second kappa shape index (κ2) is 9.94. The summed E-state index contributed by atoms with van der Waals surface area (Å²) in [4.78, 5) is 31.2. The molecule has 3 N–H and O–H groups in total. The third-order valence-electron chi connectivity index (χ3n) is 5.92. The number of benzene rings is 2. The lowest BCUT2D eigenvalue weighted by Crippen LogP contribution is -2.28. The monoisotopic (exact) mass is 508 g/mol. The molecule has 0 spiro atoms. The van der Waals surface area contributed by atoms with Crippen molar-refractivity contribution in [3.05, 3.63) is 94.7 Å². The lowest BCUT2D eigenvalue weighted by molar-refractivity contribution is 0.413. The summed E-state index contributed by atoms with van der Waals surface area (Å²) in [5, 5.41) is 12.9. The number of nitrogens with one attached hydrogen (secondary N) is 1. The average Bonchev–Trinajstić information content (AvgIpc) is 2.92. The largest absolute Gasteiger partial charge is 0.495 e. The Bertz CT molecular complexity index is 1780. The summed E-state index contributed by atoms with van der Waals surface area (Å²) in [6.07, 6.45) is 4.50.